The number of aliphatic hydroxyl groups is 1. The number of aryl methyl sites for hydroxylation is 1. The number of para-hydroxylation sites is 2. The number of nitrogens with one attached hydrogen (secondary N) is 2. The third kappa shape index (κ3) is 7.21. The molecule has 3 amide bonds. The molecule has 9 nitrogen and oxygen atoms in total. The van der Waals surface area contributed by atoms with Gasteiger partial charge < -0.3 is 30.5 Å². The fourth-order valence-electron chi connectivity index (χ4n) is 3.35. The molecule has 2 atom stereocenters. The molecule has 0 aromatic heterocycles. The van der Waals surface area contributed by atoms with E-state index in [4.69, 9.17) is 4.74 Å². The molecule has 34 heavy (non-hydrogen) atoms. The number of anilines is 1. The summed E-state index contributed by atoms with van der Waals surface area (Å²) in [5.74, 6) is -1.40. The number of carbonyl (C=O) groups is 3. The fraction of sp³-hybridized carbons (Fsp3) is 0.400. The summed E-state index contributed by atoms with van der Waals surface area (Å²) < 4.78 is 5.21. The minimum atomic E-state index is -1.27. The SMILES string of the molecule is Cc1ccccc1NC(=O)C(c1ccccc1O)N(CCO)C(=O)C(C)NC(=O)OC(C)(C)C. The number of aromatic hydroxyl groups is 1. The fourth-order valence-corrected chi connectivity index (χ4v) is 3.35. The summed E-state index contributed by atoms with van der Waals surface area (Å²) in [5, 5.41) is 25.4. The molecule has 0 fully saturated rings. The molecule has 2 aromatic carbocycles. The zero-order chi connectivity index (χ0) is 25.5. The second-order valence-corrected chi connectivity index (χ2v) is 8.89. The van der Waals surface area contributed by atoms with Gasteiger partial charge >= 0.3 is 6.09 Å². The minimum Gasteiger partial charge on any atom is -0.508 e. The van der Waals surface area contributed by atoms with Crippen molar-refractivity contribution < 1.29 is 29.3 Å². The standard InChI is InChI=1S/C25H33N3O6/c1-16-10-6-8-12-19(16)27-22(31)21(18-11-7-9-13-20(18)30)28(14-15-29)23(32)17(2)26-24(33)34-25(3,4)5/h6-13,17,21,29-30H,14-15H2,1-5H3,(H,26,33)(H,27,31). The third-order valence-electron chi connectivity index (χ3n) is 4.92. The maximum absolute atomic E-state index is 13.5. The number of nitrogens with zero attached hydrogens (tertiary/aromatic N) is 1. The van der Waals surface area contributed by atoms with Crippen LogP contribution in [0, 0.1) is 6.92 Å². The number of amides is 3. The molecule has 9 heteroatoms. The van der Waals surface area contributed by atoms with E-state index in [0.29, 0.717) is 5.69 Å². The topological polar surface area (TPSA) is 128 Å². The maximum atomic E-state index is 13.5. The van der Waals surface area contributed by atoms with E-state index in [1.807, 2.05) is 19.1 Å². The van der Waals surface area contributed by atoms with Gasteiger partial charge in [0.25, 0.3) is 5.91 Å². The molecule has 0 aliphatic heterocycles. The molecule has 4 N–H and O–H groups in total. The van der Waals surface area contributed by atoms with E-state index in [2.05, 4.69) is 10.6 Å². The normalized spacial score (nSPS) is 12.9. The zero-order valence-corrected chi connectivity index (χ0v) is 20.2. The lowest BCUT2D eigenvalue weighted by molar-refractivity contribution is -0.141. The Morgan fingerprint density at radius 3 is 2.26 bits per heavy atom. The molecule has 0 radical (unpaired) electrons. The number of hydrogen-bond acceptors (Lipinski definition) is 6. The van der Waals surface area contributed by atoms with Gasteiger partial charge in [-0.2, -0.15) is 0 Å². The van der Waals surface area contributed by atoms with Gasteiger partial charge in [0.05, 0.1) is 6.61 Å². The van der Waals surface area contributed by atoms with Crippen molar-refractivity contribution in [3.05, 3.63) is 59.7 Å². The van der Waals surface area contributed by atoms with E-state index in [1.165, 1.54) is 19.1 Å². The van der Waals surface area contributed by atoms with E-state index in [0.717, 1.165) is 10.5 Å². The Bertz CT molecular complexity index is 1020. The van der Waals surface area contributed by atoms with Gasteiger partial charge in [-0.3, -0.25) is 9.59 Å². The smallest absolute Gasteiger partial charge is 0.408 e. The molecule has 0 saturated heterocycles. The molecule has 0 bridgehead atoms. The lowest BCUT2D eigenvalue weighted by Gasteiger charge is -2.33. The average molecular weight is 472 g/mol. The molecule has 0 heterocycles. The highest BCUT2D eigenvalue weighted by Gasteiger charge is 2.36. The highest BCUT2D eigenvalue weighted by Crippen LogP contribution is 2.31. The Labute approximate surface area is 199 Å². The number of ether oxygens (including phenoxy) is 1. The van der Waals surface area contributed by atoms with Crippen LogP contribution in [0.3, 0.4) is 0 Å². The zero-order valence-electron chi connectivity index (χ0n) is 20.2. The van der Waals surface area contributed by atoms with Crippen LogP contribution < -0.4 is 10.6 Å². The summed E-state index contributed by atoms with van der Waals surface area (Å²) in [6.45, 7) is 7.72. The number of aliphatic hydroxyl groups excluding tert-OH is 1. The van der Waals surface area contributed by atoms with Crippen LogP contribution in [0.1, 0.15) is 44.9 Å². The van der Waals surface area contributed by atoms with Gasteiger partial charge in [0, 0.05) is 17.8 Å². The maximum Gasteiger partial charge on any atom is 0.408 e. The number of alkyl carbamates (subject to hydrolysis) is 1. The van der Waals surface area contributed by atoms with Crippen molar-refractivity contribution in [1.82, 2.24) is 10.2 Å². The van der Waals surface area contributed by atoms with Crippen LogP contribution in [0.25, 0.3) is 0 Å². The third-order valence-corrected chi connectivity index (χ3v) is 4.92. The Morgan fingerprint density at radius 2 is 1.68 bits per heavy atom. The van der Waals surface area contributed by atoms with Crippen LogP contribution in [0.2, 0.25) is 0 Å². The minimum absolute atomic E-state index is 0.180. The van der Waals surface area contributed by atoms with Crippen molar-refractivity contribution in [2.24, 2.45) is 0 Å². The summed E-state index contributed by atoms with van der Waals surface area (Å²) in [7, 11) is 0. The Balaban J connectivity index is 2.41. The number of phenols is 1. The van der Waals surface area contributed by atoms with Gasteiger partial charge in [-0.05, 0) is 52.3 Å². The van der Waals surface area contributed by atoms with E-state index in [1.54, 1.807) is 45.0 Å². The van der Waals surface area contributed by atoms with E-state index in [-0.39, 0.29) is 17.9 Å². The summed E-state index contributed by atoms with van der Waals surface area (Å²) >= 11 is 0. The summed E-state index contributed by atoms with van der Waals surface area (Å²) in [4.78, 5) is 40.1. The molecule has 0 saturated carbocycles. The van der Waals surface area contributed by atoms with Crippen LogP contribution in [0.5, 0.6) is 5.75 Å². The number of rotatable bonds is 8. The van der Waals surface area contributed by atoms with Crippen molar-refractivity contribution in [3.63, 3.8) is 0 Å². The predicted octanol–water partition coefficient (Wildman–Crippen LogP) is 3.11. The molecule has 2 rings (SSSR count). The molecule has 0 spiro atoms. The second-order valence-electron chi connectivity index (χ2n) is 8.89. The van der Waals surface area contributed by atoms with E-state index >= 15 is 0 Å². The van der Waals surface area contributed by atoms with Crippen LogP contribution in [0.15, 0.2) is 48.5 Å². The molecule has 2 unspecified atom stereocenters. The van der Waals surface area contributed by atoms with Gasteiger partial charge in [0.2, 0.25) is 5.91 Å². The molecule has 184 valence electrons. The number of benzene rings is 2. The first-order chi connectivity index (χ1) is 15.9. The summed E-state index contributed by atoms with van der Waals surface area (Å²) in [6, 6.07) is 11.0. The van der Waals surface area contributed by atoms with Gasteiger partial charge in [0.15, 0.2) is 0 Å². The van der Waals surface area contributed by atoms with Gasteiger partial charge in [-0.1, -0.05) is 36.4 Å². The van der Waals surface area contributed by atoms with Crippen molar-refractivity contribution in [1.29, 1.82) is 0 Å². The van der Waals surface area contributed by atoms with Crippen molar-refractivity contribution in [3.8, 4) is 5.75 Å². The first kappa shape index (κ1) is 26.7. The Hall–Kier alpha value is -3.59. The predicted molar refractivity (Wildman–Crippen MR) is 128 cm³/mol. The van der Waals surface area contributed by atoms with Crippen molar-refractivity contribution in [2.45, 2.75) is 52.3 Å². The number of phenolic OH excluding ortho intramolecular Hbond substituents is 1. The summed E-state index contributed by atoms with van der Waals surface area (Å²) in [6.07, 6.45) is -0.791. The Morgan fingerprint density at radius 1 is 1.06 bits per heavy atom. The van der Waals surface area contributed by atoms with Crippen LogP contribution in [-0.2, 0) is 14.3 Å². The van der Waals surface area contributed by atoms with Crippen LogP contribution in [-0.4, -0.2) is 57.8 Å². The van der Waals surface area contributed by atoms with Gasteiger partial charge in [-0.15, -0.1) is 0 Å². The van der Waals surface area contributed by atoms with Crippen molar-refractivity contribution in [2.75, 3.05) is 18.5 Å². The number of carbonyl (C=O) groups excluding carboxylic acids is 3. The highest BCUT2D eigenvalue weighted by atomic mass is 16.6. The lowest BCUT2D eigenvalue weighted by atomic mass is 10.0. The highest BCUT2D eigenvalue weighted by molar-refractivity contribution is 5.99. The average Bonchev–Trinajstić information content (AvgIpc) is 2.74. The molecular formula is C25H33N3O6. The van der Waals surface area contributed by atoms with Crippen LogP contribution >= 0.6 is 0 Å². The molecule has 2 aromatic rings. The molecule has 0 aliphatic rings. The van der Waals surface area contributed by atoms with Crippen LogP contribution in [0.4, 0.5) is 10.5 Å². The largest absolute Gasteiger partial charge is 0.508 e. The molecular weight excluding hydrogens is 438 g/mol. The first-order valence-corrected chi connectivity index (χ1v) is 11.0. The van der Waals surface area contributed by atoms with E-state index < -0.39 is 42.2 Å². The van der Waals surface area contributed by atoms with Gasteiger partial charge in [0.1, 0.15) is 23.4 Å². The quantitative estimate of drug-likeness (QED) is 0.468. The second kappa shape index (κ2) is 11.5. The number of hydrogen-bond donors (Lipinski definition) is 4. The van der Waals surface area contributed by atoms with Crippen molar-refractivity contribution >= 4 is 23.6 Å². The van der Waals surface area contributed by atoms with E-state index in [9.17, 15) is 24.6 Å². The molecule has 0 aliphatic carbocycles. The summed E-state index contributed by atoms with van der Waals surface area (Å²) in [5.41, 5.74) is 0.777. The first-order valence-electron chi connectivity index (χ1n) is 11.0. The lowest BCUT2D eigenvalue weighted by Crippen LogP contribution is -2.52. The monoisotopic (exact) mass is 471 g/mol. The Kier molecular flexibility index (Phi) is 9.03. The van der Waals surface area contributed by atoms with Gasteiger partial charge in [-0.25, -0.2) is 4.79 Å².